The van der Waals surface area contributed by atoms with Crippen molar-refractivity contribution in [3.63, 3.8) is 0 Å². The van der Waals surface area contributed by atoms with Gasteiger partial charge in [0.15, 0.2) is 11.5 Å². The van der Waals surface area contributed by atoms with Gasteiger partial charge in [-0.25, -0.2) is 9.89 Å². The van der Waals surface area contributed by atoms with Crippen LogP contribution in [-0.2, 0) is 12.8 Å². The molecule has 0 saturated heterocycles. The number of aromatic amines is 2. The minimum absolute atomic E-state index is 0.0357. The second kappa shape index (κ2) is 7.61. The zero-order valence-electron chi connectivity index (χ0n) is 15.3. The molecule has 11 nitrogen and oxygen atoms in total. The number of nitriles is 1. The number of nitrogens with one attached hydrogen (secondary N) is 2. The van der Waals surface area contributed by atoms with Gasteiger partial charge in [0.2, 0.25) is 11.6 Å². The summed E-state index contributed by atoms with van der Waals surface area (Å²) in [6.45, 7) is 0. The van der Waals surface area contributed by atoms with Crippen molar-refractivity contribution in [3.8, 4) is 29.1 Å². The number of aromatic hydroxyl groups is 1. The molecule has 2 aromatic heterocycles. The van der Waals surface area contributed by atoms with E-state index in [1.807, 2.05) is 4.98 Å². The van der Waals surface area contributed by atoms with Crippen LogP contribution in [-0.4, -0.2) is 37.9 Å². The molecule has 31 heavy (non-hydrogen) atoms. The Balaban J connectivity index is 1.90. The van der Waals surface area contributed by atoms with Crippen LogP contribution in [0.4, 0.5) is 0 Å². The van der Waals surface area contributed by atoms with Gasteiger partial charge in [-0.05, 0) is 24.7 Å². The molecule has 3 aromatic rings. The largest absolute Gasteiger partial charge is 0.504 e. The van der Waals surface area contributed by atoms with Crippen LogP contribution in [0.1, 0.15) is 23.2 Å². The van der Waals surface area contributed by atoms with Gasteiger partial charge in [-0.2, -0.15) is 9.94 Å². The van der Waals surface area contributed by atoms with Gasteiger partial charge in [-0.15, -0.1) is 10.2 Å². The van der Waals surface area contributed by atoms with Gasteiger partial charge in [0.1, 0.15) is 24.6 Å². The van der Waals surface area contributed by atoms with E-state index in [1.165, 1.54) is 6.07 Å². The number of nitrogens with zero attached hydrogens (tertiary/aromatic N) is 4. The first-order valence-corrected chi connectivity index (χ1v) is 9.42. The maximum absolute atomic E-state index is 12.2. The fourth-order valence-electron chi connectivity index (χ4n) is 3.24. The molecule has 3 N–H and O–H groups in total. The van der Waals surface area contributed by atoms with Gasteiger partial charge in [0.05, 0.1) is 5.02 Å². The number of hydrogen-bond donors (Lipinski definition) is 3. The van der Waals surface area contributed by atoms with Gasteiger partial charge < -0.3 is 9.84 Å². The molecule has 0 unspecified atom stereocenters. The minimum Gasteiger partial charge on any atom is -0.504 e. The summed E-state index contributed by atoms with van der Waals surface area (Å²) in [6, 6.07) is 1.51. The van der Waals surface area contributed by atoms with Crippen molar-refractivity contribution in [2.24, 2.45) is 0 Å². The average molecular weight is 459 g/mol. The van der Waals surface area contributed by atoms with Crippen molar-refractivity contribution in [3.05, 3.63) is 58.1 Å². The first kappa shape index (κ1) is 20.7. The number of halogens is 2. The highest BCUT2D eigenvalue weighted by Gasteiger charge is 2.27. The van der Waals surface area contributed by atoms with E-state index in [1.54, 1.807) is 0 Å². The number of hydrogen-bond acceptors (Lipinski definition) is 8. The van der Waals surface area contributed by atoms with E-state index in [9.17, 15) is 19.5 Å². The van der Waals surface area contributed by atoms with Crippen molar-refractivity contribution in [1.29, 1.82) is 5.26 Å². The van der Waals surface area contributed by atoms with Crippen molar-refractivity contribution in [2.75, 3.05) is 0 Å². The summed E-state index contributed by atoms with van der Waals surface area (Å²) in [5.74, 6) is -0.979. The number of phenolic OH excluding ortho intramolecular Hbond substituents is 1. The lowest BCUT2D eigenvalue weighted by atomic mass is 9.92. The quantitative estimate of drug-likeness (QED) is 0.459. The van der Waals surface area contributed by atoms with Crippen molar-refractivity contribution in [1.82, 2.24) is 25.0 Å². The number of H-pyrrole nitrogens is 2. The van der Waals surface area contributed by atoms with Gasteiger partial charge >= 0.3 is 5.69 Å². The van der Waals surface area contributed by atoms with Crippen LogP contribution < -0.4 is 27.0 Å². The van der Waals surface area contributed by atoms with E-state index in [-0.39, 0.29) is 27.7 Å². The van der Waals surface area contributed by atoms with E-state index in [4.69, 9.17) is 41.0 Å². The predicted octanol–water partition coefficient (Wildman–Crippen LogP) is -0.0370. The molecule has 2 radical (unpaired) electrons. The molecule has 1 aliphatic carbocycles. The second-order valence-electron chi connectivity index (χ2n) is 6.47. The Bertz CT molecular complexity index is 1440. The Morgan fingerprint density at radius 2 is 1.87 bits per heavy atom. The number of benzene rings is 1. The molecule has 1 aliphatic rings. The van der Waals surface area contributed by atoms with E-state index in [2.05, 4.69) is 15.3 Å². The maximum atomic E-state index is 12.2. The van der Waals surface area contributed by atoms with Crippen LogP contribution in [0.5, 0.6) is 17.4 Å². The second-order valence-corrected chi connectivity index (χ2v) is 7.23. The Labute approximate surface area is 183 Å². The van der Waals surface area contributed by atoms with Gasteiger partial charge in [0.25, 0.3) is 11.1 Å². The number of aromatic nitrogens is 5. The first-order chi connectivity index (χ1) is 14.7. The smallest absolute Gasteiger partial charge is 0.349 e. The Morgan fingerprint density at radius 3 is 2.58 bits per heavy atom. The standard InChI is InChI=1S/C17H9BCl2N6O5/c18-8-9(19)13(31-16-6-3-1-2-5(6)14(28)23-24-16)10(20)12(27)11(8)26-17(30)22-15(29)7(4-21)25-26/h27H,1-3H2,(H,23,28)(H,22,29,30). The molecule has 0 amide bonds. The number of fused-ring (bicyclic) bond motifs is 1. The Morgan fingerprint density at radius 1 is 1.16 bits per heavy atom. The third kappa shape index (κ3) is 3.28. The Kier molecular flexibility index (Phi) is 5.08. The summed E-state index contributed by atoms with van der Waals surface area (Å²) in [5.41, 5.74) is -2.81. The fraction of sp³-hybridized carbons (Fsp3) is 0.176. The van der Waals surface area contributed by atoms with Crippen molar-refractivity contribution < 1.29 is 9.84 Å². The molecule has 0 atom stereocenters. The van der Waals surface area contributed by atoms with E-state index < -0.39 is 33.4 Å². The van der Waals surface area contributed by atoms with Crippen LogP contribution >= 0.6 is 23.2 Å². The first-order valence-electron chi connectivity index (χ1n) is 8.66. The zero-order valence-corrected chi connectivity index (χ0v) is 16.8. The molecule has 154 valence electrons. The lowest BCUT2D eigenvalue weighted by Crippen LogP contribution is -2.35. The van der Waals surface area contributed by atoms with Crippen LogP contribution in [0.25, 0.3) is 5.69 Å². The lowest BCUT2D eigenvalue weighted by molar-refractivity contribution is 0.435. The Hall–Kier alpha value is -3.56. The van der Waals surface area contributed by atoms with Crippen LogP contribution in [0.2, 0.25) is 10.0 Å². The molecule has 2 heterocycles. The molecule has 0 bridgehead atoms. The molecule has 14 heteroatoms. The summed E-state index contributed by atoms with van der Waals surface area (Å²) in [4.78, 5) is 37.5. The van der Waals surface area contributed by atoms with Crippen LogP contribution in [0.3, 0.4) is 0 Å². The molecule has 4 rings (SSSR count). The summed E-state index contributed by atoms with van der Waals surface area (Å²) >= 11 is 12.5. The third-order valence-corrected chi connectivity index (χ3v) is 5.40. The molecular formula is C17H9BCl2N6O5. The highest BCUT2D eigenvalue weighted by atomic mass is 35.5. The summed E-state index contributed by atoms with van der Waals surface area (Å²) < 4.78 is 6.17. The lowest BCUT2D eigenvalue weighted by Gasteiger charge is -2.18. The normalized spacial score (nSPS) is 12.4. The summed E-state index contributed by atoms with van der Waals surface area (Å²) in [6.07, 6.45) is 1.83. The van der Waals surface area contributed by atoms with E-state index in [0.717, 1.165) is 6.42 Å². The maximum Gasteiger partial charge on any atom is 0.349 e. The zero-order chi connectivity index (χ0) is 22.4. The minimum atomic E-state index is -1.09. The van der Waals surface area contributed by atoms with Crippen LogP contribution in [0, 0.1) is 11.3 Å². The predicted molar refractivity (Wildman–Crippen MR) is 109 cm³/mol. The molecule has 0 fully saturated rings. The van der Waals surface area contributed by atoms with Gasteiger partial charge in [-0.1, -0.05) is 23.2 Å². The number of rotatable bonds is 3. The SMILES string of the molecule is [B]c1c(Cl)c(Oc2n[nH]c(=O)c3c2CCC3)c(Cl)c(O)c1-n1nc(C#N)c(=O)[nH]c1=O. The molecule has 0 aliphatic heterocycles. The van der Waals surface area contributed by atoms with E-state index in [0.29, 0.717) is 28.7 Å². The van der Waals surface area contributed by atoms with Crippen LogP contribution in [0.15, 0.2) is 14.4 Å². The topological polar surface area (TPSA) is 167 Å². The molecule has 0 saturated carbocycles. The van der Waals surface area contributed by atoms with E-state index >= 15 is 0 Å². The monoisotopic (exact) mass is 458 g/mol. The number of phenols is 1. The van der Waals surface area contributed by atoms with Gasteiger partial charge in [-0.3, -0.25) is 14.6 Å². The molecule has 1 aromatic carbocycles. The van der Waals surface area contributed by atoms with Crippen molar-refractivity contribution in [2.45, 2.75) is 19.3 Å². The number of ether oxygens (including phenoxy) is 1. The summed E-state index contributed by atoms with van der Waals surface area (Å²) in [7, 11) is 5.99. The fourth-order valence-corrected chi connectivity index (χ4v) is 3.73. The average Bonchev–Trinajstić information content (AvgIpc) is 3.24. The summed E-state index contributed by atoms with van der Waals surface area (Å²) in [5, 5.41) is 28.6. The molecular weight excluding hydrogens is 450 g/mol. The highest BCUT2D eigenvalue weighted by molar-refractivity contribution is 6.49. The van der Waals surface area contributed by atoms with Crippen molar-refractivity contribution >= 4 is 36.5 Å². The third-order valence-electron chi connectivity index (χ3n) is 4.68. The van der Waals surface area contributed by atoms with Gasteiger partial charge in [0, 0.05) is 11.1 Å². The highest BCUT2D eigenvalue weighted by Crippen LogP contribution is 2.44. The molecule has 0 spiro atoms.